The van der Waals surface area contributed by atoms with E-state index in [1.54, 1.807) is 0 Å². The number of furan rings is 1. The molecule has 0 aliphatic carbocycles. The smallest absolute Gasteiger partial charge is 0.227 e. The van der Waals surface area contributed by atoms with E-state index in [1.165, 1.54) is 17.1 Å². The van der Waals surface area contributed by atoms with E-state index in [2.05, 4.69) is 101 Å². The average Bonchev–Trinajstić information content (AvgIpc) is 3.28. The standard InChI is InChI=1S/C26H21N3O/c1-17-15-16-21-20-11-8-14-24(25(20)30-26(21)27-17)29-18(2)28(19-9-4-3-5-10-19)22-12-6-7-13-23(22)29/h3-16,18H,1-2H3. The molecular formula is C26H21N3O. The van der Waals surface area contributed by atoms with E-state index in [0.717, 1.165) is 27.7 Å². The van der Waals surface area contributed by atoms with E-state index < -0.39 is 0 Å². The van der Waals surface area contributed by atoms with Gasteiger partial charge in [-0.3, -0.25) is 0 Å². The molecule has 0 bridgehead atoms. The molecule has 0 N–H and O–H groups in total. The fraction of sp³-hybridized carbons (Fsp3) is 0.115. The summed E-state index contributed by atoms with van der Waals surface area (Å²) < 4.78 is 6.31. The second kappa shape index (κ2) is 6.36. The van der Waals surface area contributed by atoms with Gasteiger partial charge in [-0.05, 0) is 56.3 Å². The molecule has 0 saturated carbocycles. The molecule has 1 aliphatic rings. The molecule has 30 heavy (non-hydrogen) atoms. The van der Waals surface area contributed by atoms with Gasteiger partial charge in [-0.15, -0.1) is 0 Å². The third-order valence-corrected chi connectivity index (χ3v) is 5.92. The van der Waals surface area contributed by atoms with Gasteiger partial charge in [-0.1, -0.05) is 42.5 Å². The highest BCUT2D eigenvalue weighted by molar-refractivity contribution is 6.09. The number of aryl methyl sites for hydroxylation is 1. The Kier molecular flexibility index (Phi) is 3.62. The Morgan fingerprint density at radius 2 is 1.40 bits per heavy atom. The highest BCUT2D eigenvalue weighted by Crippen LogP contribution is 2.49. The summed E-state index contributed by atoms with van der Waals surface area (Å²) in [6.07, 6.45) is 0.0957. The van der Waals surface area contributed by atoms with Gasteiger partial charge in [0.15, 0.2) is 5.58 Å². The molecule has 0 fully saturated rings. The molecule has 5 aromatic rings. The lowest BCUT2D eigenvalue weighted by atomic mass is 10.1. The van der Waals surface area contributed by atoms with Crippen molar-refractivity contribution in [3.8, 4) is 0 Å². The first-order valence-corrected chi connectivity index (χ1v) is 10.2. The second-order valence-corrected chi connectivity index (χ2v) is 7.76. The zero-order valence-electron chi connectivity index (χ0n) is 16.9. The number of fused-ring (bicyclic) bond motifs is 4. The van der Waals surface area contributed by atoms with Gasteiger partial charge >= 0.3 is 0 Å². The van der Waals surface area contributed by atoms with E-state index in [0.29, 0.717) is 5.71 Å². The molecule has 4 nitrogen and oxygen atoms in total. The van der Waals surface area contributed by atoms with Crippen LogP contribution in [-0.2, 0) is 0 Å². The summed E-state index contributed by atoms with van der Waals surface area (Å²) in [5.74, 6) is 0. The summed E-state index contributed by atoms with van der Waals surface area (Å²) in [6, 6.07) is 29.6. The monoisotopic (exact) mass is 391 g/mol. The van der Waals surface area contributed by atoms with Crippen molar-refractivity contribution >= 4 is 44.8 Å². The summed E-state index contributed by atoms with van der Waals surface area (Å²) in [5, 5.41) is 2.15. The molecule has 0 amide bonds. The summed E-state index contributed by atoms with van der Waals surface area (Å²) >= 11 is 0. The molecular weight excluding hydrogens is 370 g/mol. The highest BCUT2D eigenvalue weighted by Gasteiger charge is 2.35. The third kappa shape index (κ3) is 2.37. The zero-order chi connectivity index (χ0) is 20.2. The van der Waals surface area contributed by atoms with Crippen molar-refractivity contribution in [2.45, 2.75) is 20.0 Å². The number of rotatable bonds is 2. The lowest BCUT2D eigenvalue weighted by Crippen LogP contribution is -2.35. The van der Waals surface area contributed by atoms with Crippen LogP contribution in [0.4, 0.5) is 22.7 Å². The molecule has 146 valence electrons. The molecule has 0 saturated heterocycles. The maximum atomic E-state index is 6.31. The summed E-state index contributed by atoms with van der Waals surface area (Å²) in [7, 11) is 0. The lowest BCUT2D eigenvalue weighted by Gasteiger charge is -2.30. The third-order valence-electron chi connectivity index (χ3n) is 5.92. The Labute approximate surface area is 175 Å². The number of aromatic nitrogens is 1. The summed E-state index contributed by atoms with van der Waals surface area (Å²) in [4.78, 5) is 9.35. The van der Waals surface area contributed by atoms with Gasteiger partial charge in [0.05, 0.1) is 17.1 Å². The minimum absolute atomic E-state index is 0.0957. The normalized spacial score (nSPS) is 15.9. The molecule has 1 aliphatic heterocycles. The SMILES string of the molecule is Cc1ccc2c(n1)oc1c(N3c4ccccc4N(c4ccccc4)C3C)cccc12. The first kappa shape index (κ1) is 17.1. The summed E-state index contributed by atoms with van der Waals surface area (Å²) in [5.41, 5.74) is 7.12. The number of para-hydroxylation sites is 4. The van der Waals surface area contributed by atoms with Crippen LogP contribution in [0.1, 0.15) is 12.6 Å². The average molecular weight is 391 g/mol. The highest BCUT2D eigenvalue weighted by atomic mass is 16.3. The number of nitrogens with zero attached hydrogens (tertiary/aromatic N) is 3. The van der Waals surface area contributed by atoms with Crippen molar-refractivity contribution in [1.29, 1.82) is 0 Å². The minimum atomic E-state index is 0.0957. The lowest BCUT2D eigenvalue weighted by molar-refractivity contribution is 0.648. The van der Waals surface area contributed by atoms with Crippen molar-refractivity contribution < 1.29 is 4.42 Å². The minimum Gasteiger partial charge on any atom is -0.435 e. The predicted octanol–water partition coefficient (Wildman–Crippen LogP) is 6.93. The Morgan fingerprint density at radius 3 is 2.20 bits per heavy atom. The first-order chi connectivity index (χ1) is 14.7. The van der Waals surface area contributed by atoms with Crippen molar-refractivity contribution in [2.24, 2.45) is 0 Å². The van der Waals surface area contributed by atoms with Crippen molar-refractivity contribution in [1.82, 2.24) is 4.98 Å². The fourth-order valence-electron chi connectivity index (χ4n) is 4.61. The van der Waals surface area contributed by atoms with Crippen LogP contribution in [0.3, 0.4) is 0 Å². The number of benzene rings is 3. The van der Waals surface area contributed by atoms with Gasteiger partial charge in [0, 0.05) is 22.2 Å². The number of hydrogen-bond acceptors (Lipinski definition) is 4. The van der Waals surface area contributed by atoms with Gasteiger partial charge in [0.2, 0.25) is 5.71 Å². The molecule has 1 unspecified atom stereocenters. The zero-order valence-corrected chi connectivity index (χ0v) is 16.9. The van der Waals surface area contributed by atoms with Gasteiger partial charge in [0.1, 0.15) is 6.17 Å². The Morgan fingerprint density at radius 1 is 0.700 bits per heavy atom. The van der Waals surface area contributed by atoms with Gasteiger partial charge in [-0.2, -0.15) is 0 Å². The molecule has 2 aromatic heterocycles. The summed E-state index contributed by atoms with van der Waals surface area (Å²) in [6.45, 7) is 4.22. The van der Waals surface area contributed by atoms with Crippen LogP contribution in [0.5, 0.6) is 0 Å². The van der Waals surface area contributed by atoms with Crippen LogP contribution in [0.15, 0.2) is 89.3 Å². The van der Waals surface area contributed by atoms with E-state index in [4.69, 9.17) is 4.42 Å². The number of anilines is 4. The van der Waals surface area contributed by atoms with Crippen LogP contribution in [-0.4, -0.2) is 11.1 Å². The van der Waals surface area contributed by atoms with Crippen LogP contribution < -0.4 is 9.80 Å². The van der Waals surface area contributed by atoms with Crippen molar-refractivity contribution in [3.05, 3.63) is 90.6 Å². The van der Waals surface area contributed by atoms with E-state index in [-0.39, 0.29) is 6.17 Å². The molecule has 0 radical (unpaired) electrons. The Hall–Kier alpha value is -3.79. The molecule has 0 spiro atoms. The maximum absolute atomic E-state index is 6.31. The first-order valence-electron chi connectivity index (χ1n) is 10.2. The maximum Gasteiger partial charge on any atom is 0.227 e. The fourth-order valence-corrected chi connectivity index (χ4v) is 4.61. The predicted molar refractivity (Wildman–Crippen MR) is 123 cm³/mol. The van der Waals surface area contributed by atoms with Gasteiger partial charge in [-0.25, -0.2) is 4.98 Å². The van der Waals surface area contributed by atoms with Gasteiger partial charge in [0.25, 0.3) is 0 Å². The van der Waals surface area contributed by atoms with Crippen LogP contribution in [0, 0.1) is 6.92 Å². The van der Waals surface area contributed by atoms with E-state index in [1.807, 2.05) is 13.0 Å². The molecule has 4 heteroatoms. The molecule has 3 aromatic carbocycles. The number of hydrogen-bond donors (Lipinski definition) is 0. The topological polar surface area (TPSA) is 32.5 Å². The Bertz CT molecular complexity index is 1390. The molecule has 1 atom stereocenters. The largest absolute Gasteiger partial charge is 0.435 e. The second-order valence-electron chi connectivity index (χ2n) is 7.76. The molecule has 3 heterocycles. The molecule has 6 rings (SSSR count). The van der Waals surface area contributed by atoms with Crippen LogP contribution >= 0.6 is 0 Å². The van der Waals surface area contributed by atoms with E-state index >= 15 is 0 Å². The van der Waals surface area contributed by atoms with Crippen LogP contribution in [0.2, 0.25) is 0 Å². The van der Waals surface area contributed by atoms with Crippen molar-refractivity contribution in [2.75, 3.05) is 9.80 Å². The van der Waals surface area contributed by atoms with Gasteiger partial charge < -0.3 is 14.2 Å². The number of pyridine rings is 1. The quantitative estimate of drug-likeness (QED) is 0.327. The Balaban J connectivity index is 1.59. The van der Waals surface area contributed by atoms with Crippen LogP contribution in [0.25, 0.3) is 22.1 Å². The van der Waals surface area contributed by atoms with E-state index in [9.17, 15) is 0 Å². The van der Waals surface area contributed by atoms with Crippen molar-refractivity contribution in [3.63, 3.8) is 0 Å².